The summed E-state index contributed by atoms with van der Waals surface area (Å²) in [6.07, 6.45) is 3.79. The van der Waals surface area contributed by atoms with Crippen LogP contribution in [-0.2, 0) is 11.0 Å². The summed E-state index contributed by atoms with van der Waals surface area (Å²) in [4.78, 5) is 24.8. The molecule has 0 saturated heterocycles. The Morgan fingerprint density at radius 3 is 2.48 bits per heavy atom. The second kappa shape index (κ2) is 13.3. The van der Waals surface area contributed by atoms with Crippen molar-refractivity contribution in [1.29, 1.82) is 0 Å². The Bertz CT molecular complexity index is 1610. The number of rotatable bonds is 13. The minimum Gasteiger partial charge on any atom is -0.494 e. The molecule has 2 aromatic carbocycles. The molecule has 4 aromatic rings. The van der Waals surface area contributed by atoms with E-state index < -0.39 is 8.32 Å². The van der Waals surface area contributed by atoms with E-state index in [0.29, 0.717) is 36.2 Å². The molecule has 0 saturated carbocycles. The Morgan fingerprint density at radius 2 is 1.82 bits per heavy atom. The van der Waals surface area contributed by atoms with Gasteiger partial charge in [-0.05, 0) is 44.4 Å². The minimum atomic E-state index is -1.87. The van der Waals surface area contributed by atoms with Crippen LogP contribution in [-0.4, -0.2) is 80.6 Å². The maximum Gasteiger partial charge on any atom is 0.294 e. The van der Waals surface area contributed by atoms with Crippen molar-refractivity contribution in [3.8, 4) is 17.0 Å². The van der Waals surface area contributed by atoms with E-state index in [1.807, 2.05) is 49.1 Å². The number of hydrogen-bond donors (Lipinski definition) is 1. The second-order valence-corrected chi connectivity index (χ2v) is 17.6. The number of para-hydroxylation sites is 1. The molecule has 0 amide bonds. The lowest BCUT2D eigenvalue weighted by molar-refractivity contribution is -0.384. The number of fused-ring (bicyclic) bond motifs is 1. The van der Waals surface area contributed by atoms with Crippen LogP contribution >= 0.6 is 0 Å². The lowest BCUT2D eigenvalue weighted by Crippen LogP contribution is -2.41. The van der Waals surface area contributed by atoms with E-state index in [0.717, 1.165) is 35.2 Å². The van der Waals surface area contributed by atoms with Crippen LogP contribution in [0.15, 0.2) is 54.9 Å². The van der Waals surface area contributed by atoms with Gasteiger partial charge in [0, 0.05) is 67.7 Å². The fraction of sp³-hybridized carbons (Fsp3) is 0.438. The summed E-state index contributed by atoms with van der Waals surface area (Å²) < 4.78 is 14.3. The van der Waals surface area contributed by atoms with Crippen LogP contribution in [0.25, 0.3) is 22.2 Å². The molecule has 0 fully saturated rings. The van der Waals surface area contributed by atoms with Crippen molar-refractivity contribution in [2.45, 2.75) is 45.4 Å². The van der Waals surface area contributed by atoms with E-state index in [1.165, 1.54) is 13.2 Å². The maximum atomic E-state index is 12.1. The largest absolute Gasteiger partial charge is 0.494 e. The van der Waals surface area contributed by atoms with Crippen molar-refractivity contribution in [1.82, 2.24) is 19.4 Å². The third kappa shape index (κ3) is 7.37. The number of likely N-dealkylation sites (N-methyl/N-ethyl adjacent to an activating group) is 2. The molecule has 0 unspecified atom stereocenters. The zero-order chi connectivity index (χ0) is 32.2. The molecule has 11 nitrogen and oxygen atoms in total. The van der Waals surface area contributed by atoms with Crippen molar-refractivity contribution in [3.63, 3.8) is 0 Å². The molecule has 0 atom stereocenters. The molecular weight excluding hydrogens is 574 g/mol. The van der Waals surface area contributed by atoms with E-state index in [9.17, 15) is 10.1 Å². The van der Waals surface area contributed by atoms with E-state index in [4.69, 9.17) is 14.1 Å². The molecule has 2 aromatic heterocycles. The first kappa shape index (κ1) is 32.9. The molecular formula is C32H45N7O4Si. The minimum absolute atomic E-state index is 0.0336. The molecule has 0 aliphatic carbocycles. The van der Waals surface area contributed by atoms with Gasteiger partial charge in [-0.1, -0.05) is 39.0 Å². The van der Waals surface area contributed by atoms with Crippen LogP contribution in [0, 0.1) is 10.1 Å². The SMILES string of the molecule is COc1cc(N(C)CCN(C)C)c([N+](=O)[O-])cc1Nc1nccc(-c2cn(CCO[Si](C)(C)C(C)(C)C)c3ccccc23)n1. The predicted molar refractivity (Wildman–Crippen MR) is 181 cm³/mol. The van der Waals surface area contributed by atoms with Gasteiger partial charge in [0.05, 0.1) is 30.0 Å². The van der Waals surface area contributed by atoms with Crippen molar-refractivity contribution in [2.75, 3.05) is 58.2 Å². The predicted octanol–water partition coefficient (Wildman–Crippen LogP) is 6.78. The molecule has 0 aliphatic heterocycles. The number of ether oxygens (including phenoxy) is 1. The number of nitro benzene ring substituents is 1. The van der Waals surface area contributed by atoms with Gasteiger partial charge in [-0.25, -0.2) is 9.97 Å². The van der Waals surface area contributed by atoms with Crippen molar-refractivity contribution < 1.29 is 14.1 Å². The first-order valence-electron chi connectivity index (χ1n) is 14.8. The Hall–Kier alpha value is -4.00. The summed E-state index contributed by atoms with van der Waals surface area (Å²) in [6, 6.07) is 13.3. The average Bonchev–Trinajstić information content (AvgIpc) is 3.33. The standard InChI is InChI=1S/C32H45N7O4Si/c1-32(2,3)44(8,9)43-19-18-38-22-24(23-12-10-11-13-27(23)38)25-14-15-33-31(34-25)35-26-20-29(39(40)41)28(21-30(26)42-7)37(6)17-16-36(4)5/h10-15,20-22H,16-19H2,1-9H3,(H,33,34,35). The van der Waals surface area contributed by atoms with Crippen molar-refractivity contribution >= 4 is 42.2 Å². The van der Waals surface area contributed by atoms with Gasteiger partial charge >= 0.3 is 0 Å². The third-order valence-electron chi connectivity index (χ3n) is 8.36. The summed E-state index contributed by atoms with van der Waals surface area (Å²) >= 11 is 0. The number of nitrogens with one attached hydrogen (secondary N) is 1. The Kier molecular flexibility index (Phi) is 9.97. The molecule has 44 heavy (non-hydrogen) atoms. The van der Waals surface area contributed by atoms with Crippen LogP contribution in [0.2, 0.25) is 18.1 Å². The summed E-state index contributed by atoms with van der Waals surface area (Å²) in [5.41, 5.74) is 3.64. The fourth-order valence-corrected chi connectivity index (χ4v) is 5.72. The maximum absolute atomic E-state index is 12.1. The van der Waals surface area contributed by atoms with Gasteiger partial charge in [-0.2, -0.15) is 0 Å². The number of hydrogen-bond acceptors (Lipinski definition) is 9. The van der Waals surface area contributed by atoms with Gasteiger partial charge in [-0.3, -0.25) is 10.1 Å². The first-order chi connectivity index (χ1) is 20.7. The highest BCUT2D eigenvalue weighted by Crippen LogP contribution is 2.39. The molecule has 0 spiro atoms. The highest BCUT2D eigenvalue weighted by molar-refractivity contribution is 6.74. The molecule has 4 rings (SSSR count). The van der Waals surface area contributed by atoms with Crippen LogP contribution in [0.1, 0.15) is 20.8 Å². The van der Waals surface area contributed by atoms with Crippen molar-refractivity contribution in [2.24, 2.45) is 0 Å². The normalized spacial score (nSPS) is 12.1. The van der Waals surface area contributed by atoms with Gasteiger partial charge in [-0.15, -0.1) is 0 Å². The topological polar surface area (TPSA) is 111 Å². The summed E-state index contributed by atoms with van der Waals surface area (Å²) in [5, 5.41) is 16.5. The number of benzene rings is 2. The average molecular weight is 620 g/mol. The number of aromatic nitrogens is 3. The van der Waals surface area contributed by atoms with Crippen LogP contribution in [0.3, 0.4) is 0 Å². The van der Waals surface area contributed by atoms with Crippen molar-refractivity contribution in [3.05, 3.63) is 65.0 Å². The van der Waals surface area contributed by atoms with E-state index >= 15 is 0 Å². The summed E-state index contributed by atoms with van der Waals surface area (Å²) in [7, 11) is 5.44. The number of nitrogens with zero attached hydrogens (tertiary/aromatic N) is 6. The van der Waals surface area contributed by atoms with Crippen LogP contribution in [0.5, 0.6) is 5.75 Å². The molecule has 0 aliphatic rings. The smallest absolute Gasteiger partial charge is 0.294 e. The molecule has 0 bridgehead atoms. The second-order valence-electron chi connectivity index (χ2n) is 12.8. The fourth-order valence-electron chi connectivity index (χ4n) is 4.69. The highest BCUT2D eigenvalue weighted by Gasteiger charge is 2.37. The highest BCUT2D eigenvalue weighted by atomic mass is 28.4. The van der Waals surface area contributed by atoms with Crippen LogP contribution < -0.4 is 15.0 Å². The van der Waals surface area contributed by atoms with Gasteiger partial charge in [0.2, 0.25) is 5.95 Å². The van der Waals surface area contributed by atoms with Gasteiger partial charge in [0.25, 0.3) is 5.69 Å². The van der Waals surface area contributed by atoms with E-state index in [2.05, 4.69) is 67.1 Å². The lowest BCUT2D eigenvalue weighted by atomic mass is 10.1. The Morgan fingerprint density at radius 1 is 1.09 bits per heavy atom. The van der Waals surface area contributed by atoms with Gasteiger partial charge in [0.15, 0.2) is 8.32 Å². The molecule has 1 N–H and O–H groups in total. The Balaban J connectivity index is 1.64. The lowest BCUT2D eigenvalue weighted by Gasteiger charge is -2.36. The number of anilines is 3. The number of nitro groups is 1. The van der Waals surface area contributed by atoms with Gasteiger partial charge < -0.3 is 28.8 Å². The zero-order valence-corrected chi connectivity index (χ0v) is 28.3. The van der Waals surface area contributed by atoms with Crippen LogP contribution in [0.4, 0.5) is 23.0 Å². The Labute approximate surface area is 261 Å². The summed E-state index contributed by atoms with van der Waals surface area (Å²) in [5.74, 6) is 0.761. The zero-order valence-electron chi connectivity index (χ0n) is 27.3. The molecule has 236 valence electrons. The van der Waals surface area contributed by atoms with E-state index in [-0.39, 0.29) is 15.6 Å². The monoisotopic (exact) mass is 619 g/mol. The first-order valence-corrected chi connectivity index (χ1v) is 17.7. The summed E-state index contributed by atoms with van der Waals surface area (Å²) in [6.45, 7) is 14.0. The molecule has 0 radical (unpaired) electrons. The van der Waals surface area contributed by atoms with E-state index in [1.54, 1.807) is 12.3 Å². The number of methoxy groups -OCH3 is 1. The molecule has 2 heterocycles. The third-order valence-corrected chi connectivity index (χ3v) is 12.9. The quantitative estimate of drug-likeness (QED) is 0.0984. The molecule has 12 heteroatoms. The van der Waals surface area contributed by atoms with Gasteiger partial charge in [0.1, 0.15) is 11.4 Å².